The lowest BCUT2D eigenvalue weighted by molar-refractivity contribution is -0.350. The number of nitriles is 1. The Morgan fingerprint density at radius 1 is 1.18 bits per heavy atom. The van der Waals surface area contributed by atoms with E-state index < -0.39 is 41.2 Å². The molecule has 0 atom stereocenters. The van der Waals surface area contributed by atoms with E-state index in [-0.39, 0.29) is 32.0 Å². The highest BCUT2D eigenvalue weighted by Crippen LogP contribution is 2.55. The van der Waals surface area contributed by atoms with E-state index in [0.717, 1.165) is 12.4 Å². The van der Waals surface area contributed by atoms with Gasteiger partial charge in [0.1, 0.15) is 11.4 Å². The maximum Gasteiger partial charge on any atom is 0.437 e. The molecule has 1 heterocycles. The van der Waals surface area contributed by atoms with Gasteiger partial charge in [-0.1, -0.05) is 17.7 Å². The van der Waals surface area contributed by atoms with Gasteiger partial charge in [-0.15, -0.1) is 0 Å². The minimum Gasteiger partial charge on any atom is -0.346 e. The van der Waals surface area contributed by atoms with Crippen molar-refractivity contribution in [3.8, 4) is 6.07 Å². The Bertz CT molecular complexity index is 1360. The molecule has 1 fully saturated rings. The molecule has 3 N–H and O–H groups in total. The summed E-state index contributed by atoms with van der Waals surface area (Å²) in [6.07, 6.45) is -9.77. The molecule has 1 aliphatic carbocycles. The maximum absolute atomic E-state index is 14.9. The number of hydrogen-bond acceptors (Lipinski definition) is 4. The molecular formula is C24H20BrClF7N5O. The Morgan fingerprint density at radius 3 is 2.23 bits per heavy atom. The Morgan fingerprint density at radius 2 is 1.77 bits per heavy atom. The van der Waals surface area contributed by atoms with Gasteiger partial charge in [-0.3, -0.25) is 4.79 Å². The van der Waals surface area contributed by atoms with Crippen LogP contribution in [0, 0.1) is 16.7 Å². The predicted octanol–water partition coefficient (Wildman–Crippen LogP) is 7.66. The number of carbonyl (C=O) groups is 1. The highest BCUT2D eigenvalue weighted by Gasteiger charge is 2.75. The SMILES string of the molecule is CC(C)n1c(C(F)(C(F)(F)F)C(F)(F)F)cc(Br)c1N/C=C(\C=N)c1ccc(Cl)c(C(=O)NC2(C#N)CC2)c1. The number of allylic oxidation sites excluding steroid dienone is 1. The van der Waals surface area contributed by atoms with Crippen LogP contribution < -0.4 is 10.6 Å². The van der Waals surface area contributed by atoms with Crippen molar-refractivity contribution in [2.45, 2.75) is 56.3 Å². The molecule has 3 rings (SSSR count). The number of anilines is 1. The number of nitrogens with zero attached hydrogens (tertiary/aromatic N) is 2. The van der Waals surface area contributed by atoms with Crippen LogP contribution in [-0.4, -0.2) is 34.6 Å². The van der Waals surface area contributed by atoms with Gasteiger partial charge in [0.2, 0.25) is 0 Å². The summed E-state index contributed by atoms with van der Waals surface area (Å²) < 4.78 is 96.0. The molecule has 2 aromatic rings. The fourth-order valence-electron chi connectivity index (χ4n) is 3.79. The van der Waals surface area contributed by atoms with Crippen molar-refractivity contribution >= 4 is 51.0 Å². The zero-order chi connectivity index (χ0) is 29.6. The van der Waals surface area contributed by atoms with Crippen LogP contribution >= 0.6 is 27.5 Å². The van der Waals surface area contributed by atoms with Crippen LogP contribution in [-0.2, 0) is 5.67 Å². The normalized spacial score (nSPS) is 15.6. The summed E-state index contributed by atoms with van der Waals surface area (Å²) in [6.45, 7) is 2.54. The van der Waals surface area contributed by atoms with E-state index in [4.69, 9.17) is 17.0 Å². The van der Waals surface area contributed by atoms with E-state index >= 15 is 0 Å². The van der Waals surface area contributed by atoms with Crippen LogP contribution in [0.15, 0.2) is 34.9 Å². The van der Waals surface area contributed by atoms with E-state index in [9.17, 15) is 40.8 Å². The second-order valence-corrected chi connectivity index (χ2v) is 10.3. The van der Waals surface area contributed by atoms with Crippen molar-refractivity contribution in [1.82, 2.24) is 9.88 Å². The van der Waals surface area contributed by atoms with Crippen LogP contribution in [0.3, 0.4) is 0 Å². The number of benzene rings is 1. The average Bonchev–Trinajstić information content (AvgIpc) is 3.52. The molecule has 1 aliphatic rings. The minimum absolute atomic E-state index is 0.0185. The molecule has 1 aromatic heterocycles. The Kier molecular flexibility index (Phi) is 8.21. The van der Waals surface area contributed by atoms with Gasteiger partial charge in [-0.05, 0) is 66.4 Å². The first-order valence-electron chi connectivity index (χ1n) is 11.2. The average molecular weight is 643 g/mol. The molecule has 1 saturated carbocycles. The third-order valence-electron chi connectivity index (χ3n) is 6.02. The van der Waals surface area contributed by atoms with Gasteiger partial charge in [0, 0.05) is 24.0 Å². The van der Waals surface area contributed by atoms with Crippen molar-refractivity contribution in [3.63, 3.8) is 0 Å². The number of nitrogens with one attached hydrogen (secondary N) is 3. The third-order valence-corrected chi connectivity index (χ3v) is 6.96. The number of hydrogen-bond donors (Lipinski definition) is 3. The molecule has 39 heavy (non-hydrogen) atoms. The first kappa shape index (κ1) is 30.5. The third kappa shape index (κ3) is 5.65. The molecule has 15 heteroatoms. The first-order chi connectivity index (χ1) is 17.9. The molecule has 1 amide bonds. The van der Waals surface area contributed by atoms with Gasteiger partial charge in [0.15, 0.2) is 0 Å². The molecule has 0 aliphatic heterocycles. The largest absolute Gasteiger partial charge is 0.437 e. The molecular weight excluding hydrogens is 623 g/mol. The van der Waals surface area contributed by atoms with E-state index in [1.54, 1.807) is 0 Å². The van der Waals surface area contributed by atoms with Crippen LogP contribution in [0.2, 0.25) is 5.02 Å². The molecule has 0 spiro atoms. The van der Waals surface area contributed by atoms with Crippen LogP contribution in [0.1, 0.15) is 54.3 Å². The molecule has 1 aromatic carbocycles. The Labute approximate surface area is 231 Å². The quantitative estimate of drug-likeness (QED) is 0.204. The zero-order valence-corrected chi connectivity index (χ0v) is 22.5. The number of carbonyl (C=O) groups excluding carboxylic acids is 1. The maximum atomic E-state index is 14.9. The van der Waals surface area contributed by atoms with Crippen LogP contribution in [0.4, 0.5) is 36.6 Å². The summed E-state index contributed by atoms with van der Waals surface area (Å²) in [7, 11) is 0. The Balaban J connectivity index is 2.05. The van der Waals surface area contributed by atoms with Gasteiger partial charge in [0.05, 0.1) is 26.8 Å². The number of amides is 1. The summed E-state index contributed by atoms with van der Waals surface area (Å²) in [4.78, 5) is 12.7. The lowest BCUT2D eigenvalue weighted by Crippen LogP contribution is -2.51. The summed E-state index contributed by atoms with van der Waals surface area (Å²) in [5, 5.41) is 22.1. The van der Waals surface area contributed by atoms with Gasteiger partial charge >= 0.3 is 18.0 Å². The molecule has 6 nitrogen and oxygen atoms in total. The van der Waals surface area contributed by atoms with E-state index in [0.29, 0.717) is 23.5 Å². The smallest absolute Gasteiger partial charge is 0.346 e. The van der Waals surface area contributed by atoms with Gasteiger partial charge in [-0.2, -0.15) is 31.6 Å². The van der Waals surface area contributed by atoms with E-state index in [2.05, 4.69) is 26.6 Å². The second-order valence-electron chi connectivity index (χ2n) is 9.07. The van der Waals surface area contributed by atoms with Gasteiger partial charge in [0.25, 0.3) is 5.91 Å². The van der Waals surface area contributed by atoms with Crippen LogP contribution in [0.5, 0.6) is 0 Å². The molecule has 0 bridgehead atoms. The number of aromatic nitrogens is 1. The highest BCUT2D eigenvalue weighted by molar-refractivity contribution is 9.10. The fraction of sp³-hybridized carbons (Fsp3) is 0.375. The topological polar surface area (TPSA) is 93.7 Å². The predicted molar refractivity (Wildman–Crippen MR) is 134 cm³/mol. The second kappa shape index (κ2) is 10.5. The summed E-state index contributed by atoms with van der Waals surface area (Å²) in [5.41, 5.74) is -8.07. The van der Waals surface area contributed by atoms with Gasteiger partial charge in [-0.25, -0.2) is 4.39 Å². The first-order valence-corrected chi connectivity index (χ1v) is 12.3. The highest BCUT2D eigenvalue weighted by atomic mass is 79.9. The summed E-state index contributed by atoms with van der Waals surface area (Å²) in [5.74, 6) is -0.982. The lowest BCUT2D eigenvalue weighted by atomic mass is 10.00. The number of halogens is 9. The molecule has 0 saturated heterocycles. The summed E-state index contributed by atoms with van der Waals surface area (Å²) in [6, 6.07) is 5.43. The van der Waals surface area contributed by atoms with E-state index in [1.807, 2.05) is 6.07 Å². The lowest BCUT2D eigenvalue weighted by Gasteiger charge is -2.32. The molecule has 210 valence electrons. The molecule has 0 radical (unpaired) electrons. The standard InChI is InChI=1S/C24H20BrClF7N5O/c1-12(2)38-18(22(27,23(28,29)30)24(31,32)33)8-16(25)19(38)36-10-14(9-34)13-3-4-17(26)15(7-13)20(39)37-21(11-35)5-6-21/h3-4,7-10,12,34,36H,5-6H2,1-2H3,(H,37,39)/b14-10+,34-9?. The van der Waals surface area contributed by atoms with Crippen LogP contribution in [0.25, 0.3) is 5.57 Å². The van der Waals surface area contributed by atoms with Gasteiger partial charge < -0.3 is 20.6 Å². The van der Waals surface area contributed by atoms with Crippen molar-refractivity contribution in [2.75, 3.05) is 5.32 Å². The van der Waals surface area contributed by atoms with E-state index in [1.165, 1.54) is 32.0 Å². The number of alkyl halides is 7. The van der Waals surface area contributed by atoms with Crippen molar-refractivity contribution < 1.29 is 35.5 Å². The summed E-state index contributed by atoms with van der Waals surface area (Å²) >= 11 is 9.04. The Hall–Kier alpha value is -3.05. The minimum atomic E-state index is -6.31. The van der Waals surface area contributed by atoms with Crippen molar-refractivity contribution in [3.05, 3.63) is 56.8 Å². The fourth-order valence-corrected chi connectivity index (χ4v) is 4.52. The van der Waals surface area contributed by atoms with Crippen molar-refractivity contribution in [1.29, 1.82) is 10.7 Å². The number of rotatable bonds is 8. The monoisotopic (exact) mass is 641 g/mol. The molecule has 0 unspecified atom stereocenters. The van der Waals surface area contributed by atoms with Crippen molar-refractivity contribution in [2.24, 2.45) is 0 Å². The zero-order valence-electron chi connectivity index (χ0n) is 20.2.